The Morgan fingerprint density at radius 1 is 1.07 bits per heavy atom. The van der Waals surface area contributed by atoms with E-state index in [0.29, 0.717) is 16.9 Å². The van der Waals surface area contributed by atoms with Gasteiger partial charge in [0.1, 0.15) is 17.7 Å². The van der Waals surface area contributed by atoms with Crippen LogP contribution in [0.1, 0.15) is 31.2 Å². The molecule has 1 saturated carbocycles. The lowest BCUT2D eigenvalue weighted by Gasteiger charge is -2.35. The molecule has 2 aliphatic heterocycles. The molecule has 1 aromatic heterocycles. The van der Waals surface area contributed by atoms with E-state index in [1.54, 1.807) is 6.20 Å². The second-order valence-corrected chi connectivity index (χ2v) is 9.47. The summed E-state index contributed by atoms with van der Waals surface area (Å²) in [5, 5.41) is 11.5. The molecule has 2 saturated heterocycles. The summed E-state index contributed by atoms with van der Waals surface area (Å²) in [6.07, 6.45) is 5.42. The molecule has 5 nitrogen and oxygen atoms in total. The monoisotopic (exact) mass is 427 g/mol. The largest absolute Gasteiger partial charge is 0.488 e. The predicted octanol–water partition coefficient (Wildman–Crippen LogP) is 3.99. The SMILES string of the molecule is O[C@@H]1C[C@H]2CN(c3ncccc3Cl)C[C@H]2C[C@H]1Oc1cccc(CN2CCCC2)c1. The summed E-state index contributed by atoms with van der Waals surface area (Å²) in [7, 11) is 0. The van der Waals surface area contributed by atoms with Crippen LogP contribution in [-0.4, -0.2) is 53.4 Å². The van der Waals surface area contributed by atoms with Crippen LogP contribution in [0.15, 0.2) is 42.6 Å². The molecule has 3 aliphatic rings. The van der Waals surface area contributed by atoms with Crippen molar-refractivity contribution in [1.82, 2.24) is 9.88 Å². The third-order valence-corrected chi connectivity index (χ3v) is 7.21. The maximum atomic E-state index is 10.8. The first kappa shape index (κ1) is 20.1. The highest BCUT2D eigenvalue weighted by Crippen LogP contribution is 2.40. The van der Waals surface area contributed by atoms with Crippen LogP contribution in [0.5, 0.6) is 5.75 Å². The fraction of sp³-hybridized carbons (Fsp3) is 0.542. The topological polar surface area (TPSA) is 48.8 Å². The summed E-state index contributed by atoms with van der Waals surface area (Å²) < 4.78 is 6.32. The molecule has 1 aliphatic carbocycles. The van der Waals surface area contributed by atoms with E-state index in [1.807, 2.05) is 18.2 Å². The Morgan fingerprint density at radius 2 is 1.87 bits per heavy atom. The average Bonchev–Trinajstić information content (AvgIpc) is 3.38. The first-order chi connectivity index (χ1) is 14.7. The molecule has 1 aromatic carbocycles. The lowest BCUT2D eigenvalue weighted by Crippen LogP contribution is -2.42. The van der Waals surface area contributed by atoms with Gasteiger partial charge in [-0.1, -0.05) is 23.7 Å². The number of hydrogen-bond donors (Lipinski definition) is 1. The van der Waals surface area contributed by atoms with Gasteiger partial charge in [-0.2, -0.15) is 0 Å². The van der Waals surface area contributed by atoms with Gasteiger partial charge in [-0.05, 0) is 80.4 Å². The van der Waals surface area contributed by atoms with Gasteiger partial charge in [-0.25, -0.2) is 4.98 Å². The van der Waals surface area contributed by atoms with Gasteiger partial charge in [-0.3, -0.25) is 4.90 Å². The number of aliphatic hydroxyl groups is 1. The van der Waals surface area contributed by atoms with Gasteiger partial charge in [0.05, 0.1) is 11.1 Å². The van der Waals surface area contributed by atoms with Crippen LogP contribution in [-0.2, 0) is 6.54 Å². The second kappa shape index (κ2) is 8.74. The van der Waals surface area contributed by atoms with E-state index in [9.17, 15) is 5.11 Å². The zero-order valence-electron chi connectivity index (χ0n) is 17.3. The molecule has 160 valence electrons. The molecular formula is C24H30ClN3O2. The number of hydrogen-bond acceptors (Lipinski definition) is 5. The van der Waals surface area contributed by atoms with Crippen LogP contribution in [0.2, 0.25) is 5.02 Å². The van der Waals surface area contributed by atoms with Crippen molar-refractivity contribution >= 4 is 17.4 Å². The smallest absolute Gasteiger partial charge is 0.147 e. The second-order valence-electron chi connectivity index (χ2n) is 9.06. The molecule has 4 atom stereocenters. The molecule has 5 rings (SSSR count). The van der Waals surface area contributed by atoms with Gasteiger partial charge in [0.2, 0.25) is 0 Å². The van der Waals surface area contributed by atoms with E-state index in [1.165, 1.54) is 31.5 Å². The molecule has 3 heterocycles. The van der Waals surface area contributed by atoms with Gasteiger partial charge in [-0.15, -0.1) is 0 Å². The molecule has 0 bridgehead atoms. The van der Waals surface area contributed by atoms with Crippen molar-refractivity contribution in [2.75, 3.05) is 31.1 Å². The molecule has 30 heavy (non-hydrogen) atoms. The van der Waals surface area contributed by atoms with Crippen molar-refractivity contribution in [3.05, 3.63) is 53.2 Å². The first-order valence-electron chi connectivity index (χ1n) is 11.2. The predicted molar refractivity (Wildman–Crippen MR) is 119 cm³/mol. The van der Waals surface area contributed by atoms with Crippen LogP contribution in [0, 0.1) is 11.8 Å². The number of halogens is 1. The minimum absolute atomic E-state index is 0.160. The van der Waals surface area contributed by atoms with Crippen LogP contribution in [0.25, 0.3) is 0 Å². The van der Waals surface area contributed by atoms with Crippen molar-refractivity contribution < 1.29 is 9.84 Å². The minimum atomic E-state index is -0.437. The fourth-order valence-corrected chi connectivity index (χ4v) is 5.63. The summed E-state index contributed by atoms with van der Waals surface area (Å²) in [5.74, 6) is 2.68. The Bertz CT molecular complexity index is 873. The number of benzene rings is 1. The fourth-order valence-electron chi connectivity index (χ4n) is 5.39. The Labute approximate surface area is 183 Å². The molecule has 2 aromatic rings. The number of anilines is 1. The molecule has 1 N–H and O–H groups in total. The normalized spacial score (nSPS) is 29.2. The number of likely N-dealkylation sites (tertiary alicyclic amines) is 1. The van der Waals surface area contributed by atoms with Gasteiger partial charge in [0.15, 0.2) is 0 Å². The highest BCUT2D eigenvalue weighted by molar-refractivity contribution is 6.32. The number of pyridine rings is 1. The lowest BCUT2D eigenvalue weighted by molar-refractivity contribution is -0.0231. The maximum Gasteiger partial charge on any atom is 0.147 e. The van der Waals surface area contributed by atoms with E-state index < -0.39 is 6.10 Å². The van der Waals surface area contributed by atoms with Crippen molar-refractivity contribution in [3.8, 4) is 5.75 Å². The van der Waals surface area contributed by atoms with E-state index in [-0.39, 0.29) is 6.10 Å². The standard InChI is InChI=1S/C24H30ClN3O2/c25-21-7-4-8-26-24(21)28-15-18-12-22(29)23(13-19(18)16-28)30-20-6-3-5-17(11-20)14-27-9-1-2-10-27/h3-8,11,18-19,22-23,29H,1-2,9-10,12-16H2/t18-,19+,22+,23+/m0/s1. The number of aliphatic hydroxyl groups excluding tert-OH is 1. The molecule has 6 heteroatoms. The van der Waals surface area contributed by atoms with Crippen LogP contribution >= 0.6 is 11.6 Å². The summed E-state index contributed by atoms with van der Waals surface area (Å²) in [5.41, 5.74) is 1.29. The number of nitrogens with zero attached hydrogens (tertiary/aromatic N) is 3. The maximum absolute atomic E-state index is 10.8. The van der Waals surface area contributed by atoms with E-state index in [2.05, 4.69) is 33.0 Å². The van der Waals surface area contributed by atoms with Gasteiger partial charge < -0.3 is 14.7 Å². The number of rotatable bonds is 5. The molecule has 0 unspecified atom stereocenters. The molecule has 0 radical (unpaired) electrons. The Balaban J connectivity index is 1.23. The Hall–Kier alpha value is -1.82. The van der Waals surface area contributed by atoms with Crippen molar-refractivity contribution in [2.24, 2.45) is 11.8 Å². The van der Waals surface area contributed by atoms with Crippen molar-refractivity contribution in [2.45, 2.75) is 44.4 Å². The quantitative estimate of drug-likeness (QED) is 0.781. The summed E-state index contributed by atoms with van der Waals surface area (Å²) in [6, 6.07) is 12.2. The average molecular weight is 428 g/mol. The Kier molecular flexibility index (Phi) is 5.85. The van der Waals surface area contributed by atoms with E-state index in [0.717, 1.165) is 44.0 Å². The zero-order chi connectivity index (χ0) is 20.5. The van der Waals surface area contributed by atoms with E-state index >= 15 is 0 Å². The summed E-state index contributed by atoms with van der Waals surface area (Å²) >= 11 is 6.36. The number of ether oxygens (including phenoxy) is 1. The third-order valence-electron chi connectivity index (χ3n) is 6.91. The minimum Gasteiger partial charge on any atom is -0.488 e. The highest BCUT2D eigenvalue weighted by Gasteiger charge is 2.43. The summed E-state index contributed by atoms with van der Waals surface area (Å²) in [6.45, 7) is 5.17. The van der Waals surface area contributed by atoms with Gasteiger partial charge >= 0.3 is 0 Å². The third kappa shape index (κ3) is 4.29. The van der Waals surface area contributed by atoms with Crippen LogP contribution < -0.4 is 9.64 Å². The number of fused-ring (bicyclic) bond motifs is 1. The van der Waals surface area contributed by atoms with Crippen molar-refractivity contribution in [3.63, 3.8) is 0 Å². The summed E-state index contributed by atoms with van der Waals surface area (Å²) in [4.78, 5) is 9.23. The van der Waals surface area contributed by atoms with Gasteiger partial charge in [0.25, 0.3) is 0 Å². The molecule has 0 amide bonds. The molecular weight excluding hydrogens is 398 g/mol. The highest BCUT2D eigenvalue weighted by atomic mass is 35.5. The van der Waals surface area contributed by atoms with E-state index in [4.69, 9.17) is 16.3 Å². The van der Waals surface area contributed by atoms with Gasteiger partial charge in [0, 0.05) is 25.8 Å². The molecule has 3 fully saturated rings. The molecule has 0 spiro atoms. The van der Waals surface area contributed by atoms with Crippen LogP contribution in [0.3, 0.4) is 0 Å². The zero-order valence-corrected chi connectivity index (χ0v) is 18.0. The first-order valence-corrected chi connectivity index (χ1v) is 11.5. The van der Waals surface area contributed by atoms with Crippen molar-refractivity contribution in [1.29, 1.82) is 0 Å². The number of aromatic nitrogens is 1. The Morgan fingerprint density at radius 3 is 2.67 bits per heavy atom. The lowest BCUT2D eigenvalue weighted by atomic mass is 9.78. The van der Waals surface area contributed by atoms with Crippen LogP contribution in [0.4, 0.5) is 5.82 Å².